The lowest BCUT2D eigenvalue weighted by Gasteiger charge is -2.11. The highest BCUT2D eigenvalue weighted by molar-refractivity contribution is 5.89. The molecule has 3 aromatic rings. The maximum absolute atomic E-state index is 11.6. The summed E-state index contributed by atoms with van der Waals surface area (Å²) in [5, 5.41) is 0. The standard InChI is InChI=1S/C26H23NO4/c1-16(2)25(28)30-21-10-5-18(6-11-21)20-9-14-23(24(27)15-20)19-7-12-22(13-8-19)31-26(29)17(3)4/h5-15H,1,3,27H2,2,4H3. The van der Waals surface area contributed by atoms with Gasteiger partial charge < -0.3 is 15.2 Å². The first kappa shape index (κ1) is 21.6. The van der Waals surface area contributed by atoms with Gasteiger partial charge in [0, 0.05) is 22.4 Å². The lowest BCUT2D eigenvalue weighted by Crippen LogP contribution is -2.07. The third kappa shape index (κ3) is 5.28. The van der Waals surface area contributed by atoms with E-state index in [4.69, 9.17) is 15.2 Å². The van der Waals surface area contributed by atoms with Crippen LogP contribution in [0.3, 0.4) is 0 Å². The second-order valence-corrected chi connectivity index (χ2v) is 7.19. The first-order valence-electron chi connectivity index (χ1n) is 9.60. The van der Waals surface area contributed by atoms with E-state index in [9.17, 15) is 9.59 Å². The highest BCUT2D eigenvalue weighted by Crippen LogP contribution is 2.32. The van der Waals surface area contributed by atoms with Crippen LogP contribution in [0.25, 0.3) is 22.3 Å². The van der Waals surface area contributed by atoms with Crippen LogP contribution in [0.4, 0.5) is 5.69 Å². The van der Waals surface area contributed by atoms with Crippen molar-refractivity contribution in [1.82, 2.24) is 0 Å². The van der Waals surface area contributed by atoms with Crippen LogP contribution in [0.15, 0.2) is 91.0 Å². The Morgan fingerprint density at radius 3 is 1.52 bits per heavy atom. The van der Waals surface area contributed by atoms with Gasteiger partial charge in [-0.1, -0.05) is 49.6 Å². The van der Waals surface area contributed by atoms with E-state index >= 15 is 0 Å². The van der Waals surface area contributed by atoms with Crippen LogP contribution in [0.2, 0.25) is 0 Å². The molecule has 156 valence electrons. The zero-order valence-corrected chi connectivity index (χ0v) is 17.5. The molecule has 5 heteroatoms. The predicted octanol–water partition coefficient (Wildman–Crippen LogP) is 5.57. The second kappa shape index (κ2) is 9.13. The van der Waals surface area contributed by atoms with Gasteiger partial charge in [-0.25, -0.2) is 9.59 Å². The smallest absolute Gasteiger partial charge is 0.338 e. The van der Waals surface area contributed by atoms with E-state index in [0.717, 1.165) is 22.3 Å². The molecule has 0 aliphatic rings. The fraction of sp³-hybridized carbons (Fsp3) is 0.0769. The molecule has 5 nitrogen and oxygen atoms in total. The highest BCUT2D eigenvalue weighted by Gasteiger charge is 2.09. The van der Waals surface area contributed by atoms with Gasteiger partial charge in [-0.15, -0.1) is 0 Å². The number of benzene rings is 3. The van der Waals surface area contributed by atoms with E-state index in [-0.39, 0.29) is 0 Å². The maximum atomic E-state index is 11.6. The molecular formula is C26H23NO4. The third-order valence-electron chi connectivity index (χ3n) is 4.52. The summed E-state index contributed by atoms with van der Waals surface area (Å²) >= 11 is 0. The van der Waals surface area contributed by atoms with E-state index in [1.54, 1.807) is 38.1 Å². The van der Waals surface area contributed by atoms with Gasteiger partial charge in [0.05, 0.1) is 0 Å². The van der Waals surface area contributed by atoms with Gasteiger partial charge in [-0.2, -0.15) is 0 Å². The SMILES string of the molecule is C=C(C)C(=O)Oc1ccc(-c2ccc(-c3ccc(OC(=O)C(=C)C)cc3)c(N)c2)cc1. The van der Waals surface area contributed by atoms with Crippen LogP contribution in [-0.4, -0.2) is 11.9 Å². The second-order valence-electron chi connectivity index (χ2n) is 7.19. The van der Waals surface area contributed by atoms with Crippen LogP contribution in [0, 0.1) is 0 Å². The van der Waals surface area contributed by atoms with E-state index in [0.29, 0.717) is 28.3 Å². The number of anilines is 1. The van der Waals surface area contributed by atoms with Gasteiger partial charge in [0.1, 0.15) is 11.5 Å². The molecule has 3 aromatic carbocycles. The van der Waals surface area contributed by atoms with Crippen molar-refractivity contribution >= 4 is 17.6 Å². The number of hydrogen-bond donors (Lipinski definition) is 1. The lowest BCUT2D eigenvalue weighted by atomic mass is 9.98. The van der Waals surface area contributed by atoms with Gasteiger partial charge >= 0.3 is 11.9 Å². The summed E-state index contributed by atoms with van der Waals surface area (Å²) in [6.07, 6.45) is 0. The third-order valence-corrected chi connectivity index (χ3v) is 4.52. The number of hydrogen-bond acceptors (Lipinski definition) is 5. The fourth-order valence-electron chi connectivity index (χ4n) is 2.81. The Bertz CT molecular complexity index is 1160. The van der Waals surface area contributed by atoms with Gasteiger partial charge in [0.25, 0.3) is 0 Å². The molecule has 3 rings (SSSR count). The minimum absolute atomic E-state index is 0.339. The minimum Gasteiger partial charge on any atom is -0.423 e. The number of esters is 2. The molecule has 0 spiro atoms. The minimum atomic E-state index is -0.461. The molecule has 0 amide bonds. The zero-order chi connectivity index (χ0) is 22.5. The summed E-state index contributed by atoms with van der Waals surface area (Å²) < 4.78 is 10.4. The molecule has 0 fully saturated rings. The summed E-state index contributed by atoms with van der Waals surface area (Å²) in [4.78, 5) is 23.2. The van der Waals surface area contributed by atoms with Crippen LogP contribution >= 0.6 is 0 Å². The Labute approximate surface area is 181 Å². The maximum Gasteiger partial charge on any atom is 0.338 e. The van der Waals surface area contributed by atoms with Gasteiger partial charge in [0.15, 0.2) is 0 Å². The van der Waals surface area contributed by atoms with Crippen molar-refractivity contribution in [1.29, 1.82) is 0 Å². The number of carbonyl (C=O) groups excluding carboxylic acids is 2. The Balaban J connectivity index is 1.77. The van der Waals surface area contributed by atoms with Crippen LogP contribution in [-0.2, 0) is 9.59 Å². The van der Waals surface area contributed by atoms with Crippen molar-refractivity contribution in [3.8, 4) is 33.8 Å². The van der Waals surface area contributed by atoms with Gasteiger partial charge in [0.2, 0.25) is 0 Å². The van der Waals surface area contributed by atoms with E-state index in [1.807, 2.05) is 42.5 Å². The summed E-state index contributed by atoms with van der Waals surface area (Å²) in [5.41, 5.74) is 11.2. The molecule has 0 saturated carbocycles. The molecule has 31 heavy (non-hydrogen) atoms. The molecule has 0 bridgehead atoms. The molecule has 0 saturated heterocycles. The van der Waals surface area contributed by atoms with Crippen molar-refractivity contribution < 1.29 is 19.1 Å². The Kier molecular flexibility index (Phi) is 6.36. The summed E-state index contributed by atoms with van der Waals surface area (Å²) in [5.74, 6) is -0.0213. The first-order valence-corrected chi connectivity index (χ1v) is 9.60. The Morgan fingerprint density at radius 2 is 1.10 bits per heavy atom. The topological polar surface area (TPSA) is 78.6 Å². The van der Waals surface area contributed by atoms with Crippen LogP contribution in [0.1, 0.15) is 13.8 Å². The van der Waals surface area contributed by atoms with Crippen molar-refractivity contribution in [2.24, 2.45) is 0 Å². The van der Waals surface area contributed by atoms with E-state index in [1.165, 1.54) is 0 Å². The molecule has 0 atom stereocenters. The molecule has 0 unspecified atom stereocenters. The number of carbonyl (C=O) groups is 2. The quantitative estimate of drug-likeness (QED) is 0.247. The number of rotatable bonds is 6. The van der Waals surface area contributed by atoms with E-state index < -0.39 is 11.9 Å². The lowest BCUT2D eigenvalue weighted by molar-refractivity contribution is -0.130. The summed E-state index contributed by atoms with van der Waals surface area (Å²) in [7, 11) is 0. The molecule has 0 aliphatic heterocycles. The normalized spacial score (nSPS) is 10.3. The number of nitrogen functional groups attached to an aromatic ring is 1. The Hall–Kier alpha value is -4.12. The first-order chi connectivity index (χ1) is 14.7. The molecule has 0 aliphatic carbocycles. The fourth-order valence-corrected chi connectivity index (χ4v) is 2.81. The van der Waals surface area contributed by atoms with Crippen molar-refractivity contribution in [3.63, 3.8) is 0 Å². The largest absolute Gasteiger partial charge is 0.423 e. The van der Waals surface area contributed by atoms with Crippen LogP contribution in [0.5, 0.6) is 11.5 Å². The van der Waals surface area contributed by atoms with E-state index in [2.05, 4.69) is 13.2 Å². The summed E-state index contributed by atoms with van der Waals surface area (Å²) in [6, 6.07) is 20.1. The van der Waals surface area contributed by atoms with Crippen molar-refractivity contribution in [3.05, 3.63) is 91.0 Å². The average molecular weight is 413 g/mol. The number of ether oxygens (including phenoxy) is 2. The summed E-state index contributed by atoms with van der Waals surface area (Å²) in [6.45, 7) is 10.3. The monoisotopic (exact) mass is 413 g/mol. The molecule has 0 heterocycles. The van der Waals surface area contributed by atoms with Crippen molar-refractivity contribution in [2.45, 2.75) is 13.8 Å². The number of nitrogens with two attached hydrogens (primary N) is 1. The highest BCUT2D eigenvalue weighted by atomic mass is 16.5. The van der Waals surface area contributed by atoms with Crippen LogP contribution < -0.4 is 15.2 Å². The molecule has 0 aromatic heterocycles. The molecule has 0 radical (unpaired) electrons. The van der Waals surface area contributed by atoms with Gasteiger partial charge in [-0.3, -0.25) is 0 Å². The van der Waals surface area contributed by atoms with Crippen molar-refractivity contribution in [2.75, 3.05) is 5.73 Å². The Morgan fingerprint density at radius 1 is 0.677 bits per heavy atom. The predicted molar refractivity (Wildman–Crippen MR) is 123 cm³/mol. The average Bonchev–Trinajstić information content (AvgIpc) is 2.74. The molecule has 2 N–H and O–H groups in total. The van der Waals surface area contributed by atoms with Gasteiger partial charge in [-0.05, 0) is 60.9 Å². The molecular weight excluding hydrogens is 390 g/mol. The zero-order valence-electron chi connectivity index (χ0n) is 17.5.